The Hall–Kier alpha value is -1.13. The number of piperazine rings is 1. The van der Waals surface area contributed by atoms with Crippen LogP contribution in [0.5, 0.6) is 5.88 Å². The van der Waals surface area contributed by atoms with E-state index in [1.807, 2.05) is 12.1 Å². The molecule has 0 saturated carbocycles. The molecule has 2 aliphatic rings. The van der Waals surface area contributed by atoms with Crippen LogP contribution in [0.15, 0.2) is 18.2 Å². The van der Waals surface area contributed by atoms with Crippen molar-refractivity contribution < 1.29 is 4.74 Å². The van der Waals surface area contributed by atoms with Crippen molar-refractivity contribution in [2.75, 3.05) is 20.2 Å². The van der Waals surface area contributed by atoms with Crippen molar-refractivity contribution in [3.63, 3.8) is 0 Å². The maximum Gasteiger partial charge on any atom is 0.213 e. The van der Waals surface area contributed by atoms with E-state index in [1.54, 1.807) is 7.11 Å². The largest absolute Gasteiger partial charge is 0.481 e. The summed E-state index contributed by atoms with van der Waals surface area (Å²) in [6, 6.07) is 7.40. The van der Waals surface area contributed by atoms with E-state index >= 15 is 0 Å². The van der Waals surface area contributed by atoms with Gasteiger partial charge in [0.1, 0.15) is 0 Å². The second-order valence-corrected chi connectivity index (χ2v) is 4.89. The summed E-state index contributed by atoms with van der Waals surface area (Å²) >= 11 is 0. The average molecular weight is 233 g/mol. The molecular formula is C13H19N3O. The van der Waals surface area contributed by atoms with E-state index in [4.69, 9.17) is 4.74 Å². The molecular weight excluding hydrogens is 214 g/mol. The summed E-state index contributed by atoms with van der Waals surface area (Å²) in [5.41, 5.74) is 1.11. The molecule has 2 saturated heterocycles. The van der Waals surface area contributed by atoms with E-state index in [-0.39, 0.29) is 0 Å². The summed E-state index contributed by atoms with van der Waals surface area (Å²) in [5, 5.41) is 3.50. The van der Waals surface area contributed by atoms with Crippen molar-refractivity contribution in [1.29, 1.82) is 0 Å². The van der Waals surface area contributed by atoms with E-state index in [9.17, 15) is 0 Å². The van der Waals surface area contributed by atoms with Crippen LogP contribution in [0.25, 0.3) is 0 Å². The number of fused-ring (bicyclic) bond motifs is 2. The molecule has 1 N–H and O–H groups in total. The number of hydrogen-bond donors (Lipinski definition) is 1. The predicted octanol–water partition coefficient (Wildman–Crippen LogP) is 1.03. The van der Waals surface area contributed by atoms with Crippen LogP contribution in [0.1, 0.15) is 18.5 Å². The van der Waals surface area contributed by atoms with Crippen LogP contribution in [0.2, 0.25) is 0 Å². The topological polar surface area (TPSA) is 37.4 Å². The number of nitrogens with one attached hydrogen (secondary N) is 1. The van der Waals surface area contributed by atoms with Crippen LogP contribution in [-0.2, 0) is 6.54 Å². The normalized spacial score (nSPS) is 28.3. The van der Waals surface area contributed by atoms with Gasteiger partial charge in [-0.15, -0.1) is 0 Å². The highest BCUT2D eigenvalue weighted by Crippen LogP contribution is 2.28. The smallest absolute Gasteiger partial charge is 0.213 e. The molecule has 3 rings (SSSR count). The van der Waals surface area contributed by atoms with Crippen molar-refractivity contribution in [2.45, 2.75) is 31.5 Å². The Balaban J connectivity index is 1.73. The zero-order valence-corrected chi connectivity index (χ0v) is 10.2. The van der Waals surface area contributed by atoms with Gasteiger partial charge in [0.2, 0.25) is 5.88 Å². The van der Waals surface area contributed by atoms with Gasteiger partial charge in [-0.2, -0.15) is 0 Å². The van der Waals surface area contributed by atoms with Gasteiger partial charge in [-0.25, -0.2) is 4.98 Å². The van der Waals surface area contributed by atoms with Gasteiger partial charge in [0.15, 0.2) is 0 Å². The SMILES string of the molecule is COc1cccc(CN2C3CCC2CNC3)n1. The third-order valence-electron chi connectivity index (χ3n) is 3.87. The van der Waals surface area contributed by atoms with Gasteiger partial charge in [-0.1, -0.05) is 6.07 Å². The summed E-state index contributed by atoms with van der Waals surface area (Å²) in [4.78, 5) is 7.09. The Kier molecular flexibility index (Phi) is 2.99. The first-order valence-electron chi connectivity index (χ1n) is 6.33. The van der Waals surface area contributed by atoms with Crippen molar-refractivity contribution in [1.82, 2.24) is 15.2 Å². The first-order valence-corrected chi connectivity index (χ1v) is 6.33. The summed E-state index contributed by atoms with van der Waals surface area (Å²) in [5.74, 6) is 0.713. The second-order valence-electron chi connectivity index (χ2n) is 4.89. The monoisotopic (exact) mass is 233 g/mol. The first kappa shape index (κ1) is 11.0. The van der Waals surface area contributed by atoms with Gasteiger partial charge in [-0.05, 0) is 18.9 Å². The summed E-state index contributed by atoms with van der Waals surface area (Å²) in [6.45, 7) is 3.20. The molecule has 1 aromatic rings. The molecule has 2 aliphatic heterocycles. The number of rotatable bonds is 3. The maximum absolute atomic E-state index is 5.17. The molecule has 2 fully saturated rings. The predicted molar refractivity (Wildman–Crippen MR) is 66.0 cm³/mol. The van der Waals surface area contributed by atoms with Crippen LogP contribution < -0.4 is 10.1 Å². The zero-order valence-electron chi connectivity index (χ0n) is 10.2. The number of aromatic nitrogens is 1. The number of nitrogens with zero attached hydrogens (tertiary/aromatic N) is 2. The Morgan fingerprint density at radius 1 is 1.35 bits per heavy atom. The van der Waals surface area contributed by atoms with Gasteiger partial charge in [0.25, 0.3) is 0 Å². The molecule has 0 radical (unpaired) electrons. The fraction of sp³-hybridized carbons (Fsp3) is 0.615. The molecule has 0 amide bonds. The van der Waals surface area contributed by atoms with Gasteiger partial charge in [0, 0.05) is 37.8 Å². The van der Waals surface area contributed by atoms with Crippen LogP contribution >= 0.6 is 0 Å². The lowest BCUT2D eigenvalue weighted by Gasteiger charge is -2.34. The molecule has 2 atom stereocenters. The highest BCUT2D eigenvalue weighted by molar-refractivity contribution is 5.16. The van der Waals surface area contributed by atoms with Crippen LogP contribution in [-0.4, -0.2) is 42.2 Å². The molecule has 0 aromatic carbocycles. The van der Waals surface area contributed by atoms with E-state index in [1.165, 1.54) is 12.8 Å². The molecule has 0 spiro atoms. The number of methoxy groups -OCH3 is 1. The first-order chi connectivity index (χ1) is 8.36. The lowest BCUT2D eigenvalue weighted by molar-refractivity contribution is 0.143. The quantitative estimate of drug-likeness (QED) is 0.846. The molecule has 4 heteroatoms. The van der Waals surface area contributed by atoms with Crippen molar-refractivity contribution >= 4 is 0 Å². The zero-order chi connectivity index (χ0) is 11.7. The maximum atomic E-state index is 5.17. The molecule has 4 nitrogen and oxygen atoms in total. The number of pyridine rings is 1. The summed E-state index contributed by atoms with van der Waals surface area (Å²) < 4.78 is 5.17. The molecule has 3 heterocycles. The lowest BCUT2D eigenvalue weighted by Crippen LogP contribution is -2.51. The highest BCUT2D eigenvalue weighted by Gasteiger charge is 2.36. The number of ether oxygens (including phenoxy) is 1. The minimum absolute atomic E-state index is 0.696. The third kappa shape index (κ3) is 2.15. The molecule has 2 unspecified atom stereocenters. The Morgan fingerprint density at radius 3 is 2.82 bits per heavy atom. The standard InChI is InChI=1S/C13H19N3O/c1-17-13-4-2-3-10(15-13)9-16-11-5-6-12(16)8-14-7-11/h2-4,11-12,14H,5-9H2,1H3. The van der Waals surface area contributed by atoms with Gasteiger partial charge >= 0.3 is 0 Å². The minimum atomic E-state index is 0.696. The summed E-state index contributed by atoms with van der Waals surface area (Å²) in [6.07, 6.45) is 2.64. The molecule has 92 valence electrons. The summed E-state index contributed by atoms with van der Waals surface area (Å²) in [7, 11) is 1.67. The Labute approximate surface area is 102 Å². The molecule has 2 bridgehead atoms. The van der Waals surface area contributed by atoms with Crippen LogP contribution in [0.3, 0.4) is 0 Å². The van der Waals surface area contributed by atoms with Gasteiger partial charge in [0.05, 0.1) is 12.8 Å². The van der Waals surface area contributed by atoms with E-state index in [2.05, 4.69) is 21.3 Å². The molecule has 1 aromatic heterocycles. The van der Waals surface area contributed by atoms with Gasteiger partial charge in [-0.3, -0.25) is 4.90 Å². The highest BCUT2D eigenvalue weighted by atomic mass is 16.5. The fourth-order valence-electron chi connectivity index (χ4n) is 2.97. The average Bonchev–Trinajstić information content (AvgIpc) is 2.61. The van der Waals surface area contributed by atoms with Crippen molar-refractivity contribution in [2.24, 2.45) is 0 Å². The van der Waals surface area contributed by atoms with Crippen molar-refractivity contribution in [3.05, 3.63) is 23.9 Å². The van der Waals surface area contributed by atoms with Crippen molar-refractivity contribution in [3.8, 4) is 5.88 Å². The Bertz CT molecular complexity index is 380. The molecule has 0 aliphatic carbocycles. The molecule has 17 heavy (non-hydrogen) atoms. The van der Waals surface area contributed by atoms with Gasteiger partial charge < -0.3 is 10.1 Å². The number of hydrogen-bond acceptors (Lipinski definition) is 4. The van der Waals surface area contributed by atoms with Crippen LogP contribution in [0.4, 0.5) is 0 Å². The van der Waals surface area contributed by atoms with E-state index < -0.39 is 0 Å². The van der Waals surface area contributed by atoms with Crippen LogP contribution in [0, 0.1) is 0 Å². The third-order valence-corrected chi connectivity index (χ3v) is 3.87. The second kappa shape index (κ2) is 4.63. The fourth-order valence-corrected chi connectivity index (χ4v) is 2.97. The Morgan fingerprint density at radius 2 is 2.12 bits per heavy atom. The van der Waals surface area contributed by atoms with E-state index in [0.717, 1.165) is 25.3 Å². The van der Waals surface area contributed by atoms with E-state index in [0.29, 0.717) is 18.0 Å². The minimum Gasteiger partial charge on any atom is -0.481 e. The lowest BCUT2D eigenvalue weighted by atomic mass is 10.2.